The van der Waals surface area contributed by atoms with Crippen molar-refractivity contribution >= 4 is 33.4 Å². The Hall–Kier alpha value is -3.20. The third-order valence-corrected chi connectivity index (χ3v) is 6.42. The van der Waals surface area contributed by atoms with E-state index < -0.39 is 28.4 Å². The van der Waals surface area contributed by atoms with Crippen LogP contribution in [0.3, 0.4) is 0 Å². The summed E-state index contributed by atoms with van der Waals surface area (Å²) >= 11 is 0. The number of hydrogen-bond acceptors (Lipinski definition) is 5. The van der Waals surface area contributed by atoms with Gasteiger partial charge in [0.15, 0.2) is 0 Å². The Morgan fingerprint density at radius 3 is 2.41 bits per heavy atom. The number of para-hydroxylation sites is 1. The fraction of sp³-hybridized carbons (Fsp3) is 0.250. The van der Waals surface area contributed by atoms with E-state index in [1.54, 1.807) is 30.3 Å². The molecule has 0 radical (unpaired) electrons. The van der Waals surface area contributed by atoms with Gasteiger partial charge in [-0.15, -0.1) is 0 Å². The first-order valence-electron chi connectivity index (χ1n) is 9.11. The van der Waals surface area contributed by atoms with Gasteiger partial charge in [0, 0.05) is 6.04 Å². The highest BCUT2D eigenvalue weighted by molar-refractivity contribution is 7.90. The van der Waals surface area contributed by atoms with Crippen LogP contribution in [0.15, 0.2) is 53.4 Å². The normalized spacial score (nSPS) is 15.5. The van der Waals surface area contributed by atoms with Crippen molar-refractivity contribution in [2.75, 3.05) is 11.9 Å². The topological polar surface area (TPSA) is 113 Å². The molecule has 3 rings (SSSR count). The van der Waals surface area contributed by atoms with E-state index >= 15 is 0 Å². The molecule has 0 aliphatic carbocycles. The van der Waals surface area contributed by atoms with Crippen LogP contribution in [-0.2, 0) is 14.8 Å². The van der Waals surface area contributed by atoms with Gasteiger partial charge in [-0.2, -0.15) is 0 Å². The highest BCUT2D eigenvalue weighted by atomic mass is 32.2. The number of hydrogen-bond donors (Lipinski definition) is 2. The van der Waals surface area contributed by atoms with Gasteiger partial charge in [0.25, 0.3) is 21.8 Å². The van der Waals surface area contributed by atoms with Gasteiger partial charge in [-0.1, -0.05) is 31.2 Å². The number of anilines is 1. The van der Waals surface area contributed by atoms with Crippen molar-refractivity contribution in [3.63, 3.8) is 0 Å². The average molecular weight is 415 g/mol. The molecule has 1 aliphatic rings. The first kappa shape index (κ1) is 20.5. The lowest BCUT2D eigenvalue weighted by Crippen LogP contribution is -2.38. The number of amides is 3. The van der Waals surface area contributed by atoms with E-state index in [1.807, 2.05) is 13.8 Å². The molecule has 1 atom stereocenters. The van der Waals surface area contributed by atoms with Gasteiger partial charge in [-0.05, 0) is 37.6 Å². The third-order valence-electron chi connectivity index (χ3n) is 4.63. The lowest BCUT2D eigenvalue weighted by Gasteiger charge is -2.17. The molecule has 29 heavy (non-hydrogen) atoms. The first-order valence-corrected chi connectivity index (χ1v) is 10.6. The SMILES string of the molecule is CC[C@@H](C)NC(=O)c1ccccc1NC(=O)CN1C(=O)c2ccccc2S1(=O)=O. The molecule has 2 N–H and O–H groups in total. The van der Waals surface area contributed by atoms with Crippen molar-refractivity contribution in [1.29, 1.82) is 0 Å². The lowest BCUT2D eigenvalue weighted by molar-refractivity contribution is -0.116. The zero-order chi connectivity index (χ0) is 21.2. The van der Waals surface area contributed by atoms with E-state index in [-0.39, 0.29) is 33.7 Å². The van der Waals surface area contributed by atoms with Crippen LogP contribution >= 0.6 is 0 Å². The van der Waals surface area contributed by atoms with Crippen LogP contribution in [0.1, 0.15) is 41.0 Å². The average Bonchev–Trinajstić information content (AvgIpc) is 2.89. The lowest BCUT2D eigenvalue weighted by atomic mass is 10.1. The Morgan fingerprint density at radius 1 is 1.07 bits per heavy atom. The summed E-state index contributed by atoms with van der Waals surface area (Å²) < 4.78 is 25.7. The van der Waals surface area contributed by atoms with Crippen LogP contribution in [0.25, 0.3) is 0 Å². The van der Waals surface area contributed by atoms with Gasteiger partial charge in [-0.25, -0.2) is 12.7 Å². The van der Waals surface area contributed by atoms with E-state index in [0.29, 0.717) is 4.31 Å². The molecule has 0 unspecified atom stereocenters. The Balaban J connectivity index is 1.78. The van der Waals surface area contributed by atoms with E-state index in [4.69, 9.17) is 0 Å². The first-order chi connectivity index (χ1) is 13.8. The number of nitrogens with zero attached hydrogens (tertiary/aromatic N) is 1. The van der Waals surface area contributed by atoms with Crippen LogP contribution in [0.5, 0.6) is 0 Å². The summed E-state index contributed by atoms with van der Waals surface area (Å²) in [6.07, 6.45) is 0.746. The Bertz CT molecular complexity index is 1080. The predicted octanol–water partition coefficient (Wildman–Crippen LogP) is 2.00. The fourth-order valence-electron chi connectivity index (χ4n) is 2.90. The molecule has 0 saturated carbocycles. The van der Waals surface area contributed by atoms with Gasteiger partial charge in [0.2, 0.25) is 5.91 Å². The highest BCUT2D eigenvalue weighted by Crippen LogP contribution is 2.29. The van der Waals surface area contributed by atoms with Crippen molar-refractivity contribution in [1.82, 2.24) is 9.62 Å². The quantitative estimate of drug-likeness (QED) is 0.749. The minimum absolute atomic E-state index is 0.0358. The molecule has 1 aliphatic heterocycles. The molecule has 2 aromatic rings. The monoisotopic (exact) mass is 415 g/mol. The number of sulfonamides is 1. The van der Waals surface area contributed by atoms with E-state index in [9.17, 15) is 22.8 Å². The van der Waals surface area contributed by atoms with Gasteiger partial charge >= 0.3 is 0 Å². The van der Waals surface area contributed by atoms with Gasteiger partial charge in [-0.3, -0.25) is 14.4 Å². The van der Waals surface area contributed by atoms with Crippen LogP contribution in [0, 0.1) is 0 Å². The summed E-state index contributed by atoms with van der Waals surface area (Å²) in [7, 11) is -4.08. The van der Waals surface area contributed by atoms with Gasteiger partial charge in [0.1, 0.15) is 11.4 Å². The van der Waals surface area contributed by atoms with E-state index in [2.05, 4.69) is 10.6 Å². The molecule has 0 spiro atoms. The number of rotatable bonds is 6. The van der Waals surface area contributed by atoms with Crippen molar-refractivity contribution in [2.24, 2.45) is 0 Å². The zero-order valence-electron chi connectivity index (χ0n) is 16.0. The Morgan fingerprint density at radius 2 is 1.72 bits per heavy atom. The molecule has 8 nitrogen and oxygen atoms in total. The van der Waals surface area contributed by atoms with E-state index in [0.717, 1.165) is 6.42 Å². The summed E-state index contributed by atoms with van der Waals surface area (Å²) in [6.45, 7) is 3.11. The standard InChI is InChI=1S/C20H21N3O5S/c1-3-13(2)21-19(25)14-8-4-6-10-16(14)22-18(24)12-23-20(26)15-9-5-7-11-17(15)29(23,27)28/h4-11,13H,3,12H2,1-2H3,(H,21,25)(H,22,24)/t13-/m1/s1. The zero-order valence-corrected chi connectivity index (χ0v) is 16.8. The number of carbonyl (C=O) groups excluding carboxylic acids is 3. The van der Waals surface area contributed by atoms with Crippen molar-refractivity contribution in [3.05, 3.63) is 59.7 Å². The second-order valence-corrected chi connectivity index (χ2v) is 8.52. The second kappa shape index (κ2) is 8.04. The van der Waals surface area contributed by atoms with Crippen LogP contribution in [-0.4, -0.2) is 43.0 Å². The van der Waals surface area contributed by atoms with Crippen molar-refractivity contribution in [2.45, 2.75) is 31.2 Å². The summed E-state index contributed by atoms with van der Waals surface area (Å²) in [5, 5.41) is 5.35. The molecule has 0 fully saturated rings. The van der Waals surface area contributed by atoms with Crippen molar-refractivity contribution in [3.8, 4) is 0 Å². The number of carbonyl (C=O) groups is 3. The molecule has 9 heteroatoms. The Kier molecular flexibility index (Phi) is 5.69. The summed E-state index contributed by atoms with van der Waals surface area (Å²) in [4.78, 5) is 37.3. The largest absolute Gasteiger partial charge is 0.350 e. The van der Waals surface area contributed by atoms with Crippen LogP contribution in [0.4, 0.5) is 5.69 Å². The molecular formula is C20H21N3O5S. The molecule has 152 valence electrons. The molecule has 2 aromatic carbocycles. The molecular weight excluding hydrogens is 394 g/mol. The molecule has 0 aromatic heterocycles. The number of fused-ring (bicyclic) bond motifs is 1. The molecule has 3 amide bonds. The van der Waals surface area contributed by atoms with Crippen molar-refractivity contribution < 1.29 is 22.8 Å². The minimum Gasteiger partial charge on any atom is -0.350 e. The molecule has 1 heterocycles. The van der Waals surface area contributed by atoms with Crippen LogP contribution in [0.2, 0.25) is 0 Å². The van der Waals surface area contributed by atoms with Gasteiger partial charge < -0.3 is 10.6 Å². The molecule has 0 bridgehead atoms. The number of benzene rings is 2. The third kappa shape index (κ3) is 4.00. The summed E-state index contributed by atoms with van der Waals surface area (Å²) in [5.74, 6) is -1.83. The van der Waals surface area contributed by atoms with Gasteiger partial charge in [0.05, 0.1) is 16.8 Å². The minimum atomic E-state index is -4.08. The smallest absolute Gasteiger partial charge is 0.269 e. The number of nitrogens with one attached hydrogen (secondary N) is 2. The van der Waals surface area contributed by atoms with Crippen LogP contribution < -0.4 is 10.6 Å². The highest BCUT2D eigenvalue weighted by Gasteiger charge is 2.41. The second-order valence-electron chi connectivity index (χ2n) is 6.69. The molecule has 0 saturated heterocycles. The summed E-state index contributed by atoms with van der Waals surface area (Å²) in [5.41, 5.74) is 0.522. The summed E-state index contributed by atoms with van der Waals surface area (Å²) in [6, 6.07) is 12.2. The van der Waals surface area contributed by atoms with E-state index in [1.165, 1.54) is 18.2 Å². The maximum absolute atomic E-state index is 12.6. The fourth-order valence-corrected chi connectivity index (χ4v) is 4.43. The maximum atomic E-state index is 12.6. The maximum Gasteiger partial charge on any atom is 0.269 e. The Labute approximate surface area is 169 Å². The predicted molar refractivity (Wildman–Crippen MR) is 107 cm³/mol.